The van der Waals surface area contributed by atoms with Crippen molar-refractivity contribution < 1.29 is 28.7 Å². The molecule has 0 radical (unpaired) electrons. The summed E-state index contributed by atoms with van der Waals surface area (Å²) in [5.41, 5.74) is 2.13. The average Bonchev–Trinajstić information content (AvgIpc) is 2.86. The third kappa shape index (κ3) is 6.14. The molecule has 1 heterocycles. The van der Waals surface area contributed by atoms with Crippen LogP contribution in [0.1, 0.15) is 11.1 Å². The number of anilines is 2. The molecule has 2 N–H and O–H groups in total. The Morgan fingerprint density at radius 1 is 1.11 bits per heavy atom. The van der Waals surface area contributed by atoms with Crippen LogP contribution in [0, 0.1) is 10.5 Å². The lowest BCUT2D eigenvalue weighted by Gasteiger charge is -2.26. The molecule has 0 unspecified atom stereocenters. The van der Waals surface area contributed by atoms with Gasteiger partial charge in [-0.2, -0.15) is 0 Å². The molecule has 3 aromatic rings. The van der Waals surface area contributed by atoms with Crippen molar-refractivity contribution in [1.29, 1.82) is 0 Å². The number of barbiturate groups is 1. The summed E-state index contributed by atoms with van der Waals surface area (Å²) in [4.78, 5) is 51.3. The van der Waals surface area contributed by atoms with Crippen LogP contribution in [-0.2, 0) is 14.4 Å². The highest BCUT2D eigenvalue weighted by Gasteiger charge is 2.36. The number of ether oxygens (including phenoxy) is 2. The SMILES string of the molecule is COc1cc(/C=C2\C(=O)NC(=O)N(c3ccc(Cl)cc3)C2=O)cc(I)c1OCC(=O)Nc1cccc(C)c1. The van der Waals surface area contributed by atoms with E-state index in [4.69, 9.17) is 21.1 Å². The number of hydrogen-bond donors (Lipinski definition) is 2. The fourth-order valence-electron chi connectivity index (χ4n) is 3.67. The molecule has 9 nitrogen and oxygen atoms in total. The number of methoxy groups -OCH3 is 1. The maximum atomic E-state index is 13.1. The van der Waals surface area contributed by atoms with E-state index in [0.29, 0.717) is 31.3 Å². The fourth-order valence-corrected chi connectivity index (χ4v) is 4.58. The summed E-state index contributed by atoms with van der Waals surface area (Å²) in [6.07, 6.45) is 1.35. The molecular formula is C27H21ClIN3O6. The Hall–Kier alpha value is -3.90. The number of aryl methyl sites for hydroxylation is 1. The number of nitrogens with one attached hydrogen (secondary N) is 2. The topological polar surface area (TPSA) is 114 Å². The minimum absolute atomic E-state index is 0.247. The van der Waals surface area contributed by atoms with Gasteiger partial charge >= 0.3 is 6.03 Å². The van der Waals surface area contributed by atoms with Gasteiger partial charge in [-0.05, 0) is 95.2 Å². The van der Waals surface area contributed by atoms with Gasteiger partial charge in [0.1, 0.15) is 5.57 Å². The van der Waals surface area contributed by atoms with E-state index in [-0.39, 0.29) is 23.8 Å². The molecule has 1 saturated heterocycles. The quantitative estimate of drug-likeness (QED) is 0.214. The molecule has 0 bridgehead atoms. The second-order valence-electron chi connectivity index (χ2n) is 8.17. The van der Waals surface area contributed by atoms with Gasteiger partial charge in [0.2, 0.25) is 0 Å². The molecule has 194 valence electrons. The van der Waals surface area contributed by atoms with E-state index in [9.17, 15) is 19.2 Å². The zero-order valence-electron chi connectivity index (χ0n) is 20.2. The number of hydrogen-bond acceptors (Lipinski definition) is 6. The van der Waals surface area contributed by atoms with E-state index < -0.39 is 17.8 Å². The van der Waals surface area contributed by atoms with E-state index in [2.05, 4.69) is 10.6 Å². The number of carbonyl (C=O) groups is 4. The molecule has 5 amide bonds. The fraction of sp³-hybridized carbons (Fsp3) is 0.111. The average molecular weight is 646 g/mol. The molecule has 11 heteroatoms. The van der Waals surface area contributed by atoms with Crippen LogP contribution < -0.4 is 25.0 Å². The van der Waals surface area contributed by atoms with Crippen molar-refractivity contribution in [2.75, 3.05) is 23.9 Å². The Morgan fingerprint density at radius 2 is 1.84 bits per heavy atom. The number of urea groups is 1. The van der Waals surface area contributed by atoms with Crippen LogP contribution in [0.15, 0.2) is 66.2 Å². The van der Waals surface area contributed by atoms with Gasteiger partial charge in [-0.15, -0.1) is 0 Å². The largest absolute Gasteiger partial charge is 0.493 e. The predicted octanol–water partition coefficient (Wildman–Crippen LogP) is 4.95. The van der Waals surface area contributed by atoms with E-state index in [1.807, 2.05) is 47.7 Å². The highest BCUT2D eigenvalue weighted by molar-refractivity contribution is 14.1. The molecule has 0 aromatic heterocycles. The summed E-state index contributed by atoms with van der Waals surface area (Å²) < 4.78 is 11.8. The van der Waals surface area contributed by atoms with Crippen LogP contribution in [0.5, 0.6) is 11.5 Å². The smallest absolute Gasteiger partial charge is 0.335 e. The summed E-state index contributed by atoms with van der Waals surface area (Å²) >= 11 is 7.91. The number of halogens is 2. The van der Waals surface area contributed by atoms with Gasteiger partial charge in [0.15, 0.2) is 18.1 Å². The predicted molar refractivity (Wildman–Crippen MR) is 151 cm³/mol. The molecule has 0 aliphatic carbocycles. The van der Waals surface area contributed by atoms with Crippen LogP contribution in [0.4, 0.5) is 16.2 Å². The van der Waals surface area contributed by atoms with Crippen LogP contribution in [0.3, 0.4) is 0 Å². The number of nitrogens with zero attached hydrogens (tertiary/aromatic N) is 1. The first-order chi connectivity index (χ1) is 18.2. The number of amides is 5. The molecule has 1 aliphatic heterocycles. The van der Waals surface area contributed by atoms with Crippen molar-refractivity contribution in [2.45, 2.75) is 6.92 Å². The normalized spacial score (nSPS) is 14.4. The molecule has 0 spiro atoms. The second-order valence-corrected chi connectivity index (χ2v) is 9.77. The first kappa shape index (κ1) is 27.1. The number of carbonyl (C=O) groups excluding carboxylic acids is 4. The van der Waals surface area contributed by atoms with Crippen LogP contribution in [-0.4, -0.2) is 37.5 Å². The molecule has 3 aromatic carbocycles. The Labute approximate surface area is 236 Å². The first-order valence-electron chi connectivity index (χ1n) is 11.2. The van der Waals surface area contributed by atoms with Gasteiger partial charge in [-0.3, -0.25) is 19.7 Å². The Bertz CT molecular complexity index is 1470. The lowest BCUT2D eigenvalue weighted by molar-refractivity contribution is -0.122. The van der Waals surface area contributed by atoms with Gasteiger partial charge in [0, 0.05) is 10.7 Å². The van der Waals surface area contributed by atoms with E-state index in [1.165, 1.54) is 37.5 Å². The molecule has 38 heavy (non-hydrogen) atoms. The van der Waals surface area contributed by atoms with Crippen molar-refractivity contribution in [2.24, 2.45) is 0 Å². The summed E-state index contributed by atoms with van der Waals surface area (Å²) in [6, 6.07) is 15.8. The standard InChI is InChI=1S/C27H21ClIN3O6/c1-15-4-3-5-18(10-15)30-23(33)14-38-24-21(29)12-16(13-22(24)37-2)11-20-25(34)31-27(36)32(26(20)35)19-8-6-17(28)7-9-19/h3-13H,14H2,1-2H3,(H,30,33)(H,31,34,36)/b20-11+. The molecule has 1 fully saturated rings. The molecular weight excluding hydrogens is 625 g/mol. The number of imide groups is 2. The number of benzene rings is 3. The maximum absolute atomic E-state index is 13.1. The van der Waals surface area contributed by atoms with Gasteiger partial charge < -0.3 is 14.8 Å². The Balaban J connectivity index is 1.55. The highest BCUT2D eigenvalue weighted by atomic mass is 127. The summed E-state index contributed by atoms with van der Waals surface area (Å²) in [7, 11) is 1.43. The Kier molecular flexibility index (Phi) is 8.32. The van der Waals surface area contributed by atoms with Crippen LogP contribution >= 0.6 is 34.2 Å². The highest BCUT2D eigenvalue weighted by Crippen LogP contribution is 2.35. The summed E-state index contributed by atoms with van der Waals surface area (Å²) in [6.45, 7) is 1.66. The van der Waals surface area contributed by atoms with Crippen LogP contribution in [0.2, 0.25) is 5.02 Å². The van der Waals surface area contributed by atoms with E-state index in [0.717, 1.165) is 10.5 Å². The third-order valence-corrected chi connectivity index (χ3v) is 6.45. The minimum atomic E-state index is -0.862. The van der Waals surface area contributed by atoms with Crippen molar-refractivity contribution in [3.05, 3.63) is 86.0 Å². The molecule has 0 saturated carbocycles. The van der Waals surface area contributed by atoms with Crippen molar-refractivity contribution in [3.8, 4) is 11.5 Å². The van der Waals surface area contributed by atoms with Gasteiger partial charge in [-0.1, -0.05) is 23.7 Å². The van der Waals surface area contributed by atoms with E-state index in [1.54, 1.807) is 18.2 Å². The van der Waals surface area contributed by atoms with Crippen molar-refractivity contribution >= 4 is 75.4 Å². The molecule has 4 rings (SSSR count). The summed E-state index contributed by atoms with van der Waals surface area (Å²) in [5, 5.41) is 5.38. The molecule has 0 atom stereocenters. The second kappa shape index (κ2) is 11.7. The van der Waals surface area contributed by atoms with Crippen molar-refractivity contribution in [1.82, 2.24) is 5.32 Å². The molecule has 1 aliphatic rings. The zero-order chi connectivity index (χ0) is 27.4. The van der Waals surface area contributed by atoms with Crippen LogP contribution in [0.25, 0.3) is 6.08 Å². The van der Waals surface area contributed by atoms with Gasteiger partial charge in [-0.25, -0.2) is 9.69 Å². The summed E-state index contributed by atoms with van der Waals surface area (Å²) in [5.74, 6) is -1.35. The first-order valence-corrected chi connectivity index (χ1v) is 12.7. The Morgan fingerprint density at radius 3 is 2.53 bits per heavy atom. The lowest BCUT2D eigenvalue weighted by Crippen LogP contribution is -2.54. The van der Waals surface area contributed by atoms with Crippen molar-refractivity contribution in [3.63, 3.8) is 0 Å². The monoisotopic (exact) mass is 645 g/mol. The third-order valence-electron chi connectivity index (χ3n) is 5.40. The zero-order valence-corrected chi connectivity index (χ0v) is 23.1. The minimum Gasteiger partial charge on any atom is -0.493 e. The number of rotatable bonds is 7. The maximum Gasteiger partial charge on any atom is 0.335 e. The van der Waals surface area contributed by atoms with Gasteiger partial charge in [0.05, 0.1) is 16.4 Å². The van der Waals surface area contributed by atoms with Gasteiger partial charge in [0.25, 0.3) is 17.7 Å². The van der Waals surface area contributed by atoms with E-state index >= 15 is 0 Å². The lowest BCUT2D eigenvalue weighted by atomic mass is 10.1.